The summed E-state index contributed by atoms with van der Waals surface area (Å²) in [6.07, 6.45) is 1.67. The minimum absolute atomic E-state index is 0.150. The number of nitrogens with zero attached hydrogens (tertiary/aromatic N) is 2. The molecule has 6 nitrogen and oxygen atoms in total. The van der Waals surface area contributed by atoms with E-state index in [9.17, 15) is 14.4 Å². The zero-order chi connectivity index (χ0) is 23.4. The highest BCUT2D eigenvalue weighted by molar-refractivity contribution is 6.31. The van der Waals surface area contributed by atoms with Crippen LogP contribution in [0.15, 0.2) is 54.6 Å². The summed E-state index contributed by atoms with van der Waals surface area (Å²) in [5, 5.41) is 5.57. The summed E-state index contributed by atoms with van der Waals surface area (Å²) in [5.74, 6) is -2.08. The Balaban J connectivity index is 1.43. The highest BCUT2D eigenvalue weighted by Crippen LogP contribution is 2.61. The van der Waals surface area contributed by atoms with Gasteiger partial charge in [-0.3, -0.25) is 19.3 Å². The first-order valence-electron chi connectivity index (χ1n) is 11.7. The van der Waals surface area contributed by atoms with Crippen molar-refractivity contribution in [2.45, 2.75) is 31.3 Å². The third kappa shape index (κ3) is 2.28. The van der Waals surface area contributed by atoms with E-state index in [0.717, 1.165) is 34.7 Å². The summed E-state index contributed by atoms with van der Waals surface area (Å²) >= 11 is 6.45. The van der Waals surface area contributed by atoms with Gasteiger partial charge in [-0.1, -0.05) is 41.9 Å². The van der Waals surface area contributed by atoms with Crippen molar-refractivity contribution >= 4 is 51.5 Å². The van der Waals surface area contributed by atoms with Crippen LogP contribution in [0.3, 0.4) is 0 Å². The van der Waals surface area contributed by atoms with Gasteiger partial charge in [-0.2, -0.15) is 0 Å². The number of anilines is 2. The average molecular weight is 472 g/mol. The second-order valence-electron chi connectivity index (χ2n) is 9.82. The molecule has 34 heavy (non-hydrogen) atoms. The van der Waals surface area contributed by atoms with E-state index in [0.29, 0.717) is 22.9 Å². The van der Waals surface area contributed by atoms with E-state index < -0.39 is 17.4 Å². The van der Waals surface area contributed by atoms with Gasteiger partial charge in [0.1, 0.15) is 5.54 Å². The SMILES string of the molecule is Cc1cc(Cl)cc2c1NC(=O)[C@@]21[C@@H]2C(=O)N(c3ccc4ccccc4c3)C(=O)[C@H]2[C@H]2CCCN21. The van der Waals surface area contributed by atoms with E-state index in [1.165, 1.54) is 4.90 Å². The van der Waals surface area contributed by atoms with Crippen molar-refractivity contribution in [1.29, 1.82) is 0 Å². The first kappa shape index (κ1) is 20.2. The minimum Gasteiger partial charge on any atom is -0.324 e. The van der Waals surface area contributed by atoms with Crippen LogP contribution in [0.2, 0.25) is 5.02 Å². The topological polar surface area (TPSA) is 69.7 Å². The predicted octanol–water partition coefficient (Wildman–Crippen LogP) is 4.23. The molecule has 0 radical (unpaired) electrons. The van der Waals surface area contributed by atoms with Gasteiger partial charge in [-0.25, -0.2) is 4.90 Å². The fourth-order valence-corrected chi connectivity index (χ4v) is 7.28. The quantitative estimate of drug-likeness (QED) is 0.539. The Labute approximate surface area is 201 Å². The van der Waals surface area contributed by atoms with Crippen molar-refractivity contribution in [3.63, 3.8) is 0 Å². The summed E-state index contributed by atoms with van der Waals surface area (Å²) in [5.41, 5.74) is 1.64. The molecule has 0 bridgehead atoms. The van der Waals surface area contributed by atoms with Crippen LogP contribution < -0.4 is 10.2 Å². The zero-order valence-electron chi connectivity index (χ0n) is 18.5. The fraction of sp³-hybridized carbons (Fsp3) is 0.296. The molecule has 3 amide bonds. The van der Waals surface area contributed by atoms with E-state index >= 15 is 0 Å². The zero-order valence-corrected chi connectivity index (χ0v) is 19.3. The third-order valence-electron chi connectivity index (χ3n) is 8.25. The Morgan fingerprint density at radius 1 is 1.00 bits per heavy atom. The maximum Gasteiger partial charge on any atom is 0.250 e. The van der Waals surface area contributed by atoms with Gasteiger partial charge in [0.15, 0.2) is 0 Å². The van der Waals surface area contributed by atoms with E-state index in [-0.39, 0.29) is 23.8 Å². The summed E-state index contributed by atoms with van der Waals surface area (Å²) in [6.45, 7) is 2.58. The molecule has 4 aliphatic heterocycles. The number of halogens is 1. The van der Waals surface area contributed by atoms with Gasteiger partial charge in [0.25, 0.3) is 0 Å². The highest BCUT2D eigenvalue weighted by Gasteiger charge is 2.74. The van der Waals surface area contributed by atoms with Crippen molar-refractivity contribution in [2.24, 2.45) is 11.8 Å². The number of benzene rings is 3. The lowest BCUT2D eigenvalue weighted by Crippen LogP contribution is -2.54. The Kier molecular flexibility index (Phi) is 3.96. The molecule has 3 fully saturated rings. The molecule has 1 N–H and O–H groups in total. The third-order valence-corrected chi connectivity index (χ3v) is 8.47. The van der Waals surface area contributed by atoms with Gasteiger partial charge >= 0.3 is 0 Å². The number of aryl methyl sites for hydroxylation is 1. The summed E-state index contributed by atoms with van der Waals surface area (Å²) in [4.78, 5) is 45.2. The standard InChI is InChI=1S/C27H22ClN3O3/c1-14-11-17(28)13-19-23(14)29-26(34)27(19)22-21(20-7-4-10-30(20)27)24(32)31(25(22)33)18-9-8-15-5-2-3-6-16(15)12-18/h2-3,5-6,8-9,11-13,20-22H,4,7,10H2,1H3,(H,29,34)/t20-,21+,22+,27+/m1/s1. The molecular weight excluding hydrogens is 450 g/mol. The molecule has 4 heterocycles. The molecule has 1 spiro atoms. The molecule has 7 heteroatoms. The van der Waals surface area contributed by atoms with Crippen LogP contribution in [0.5, 0.6) is 0 Å². The number of fused-ring (bicyclic) bond motifs is 8. The van der Waals surface area contributed by atoms with Crippen LogP contribution >= 0.6 is 11.6 Å². The molecule has 4 atom stereocenters. The average Bonchev–Trinajstić information content (AvgIpc) is 3.52. The Morgan fingerprint density at radius 2 is 1.79 bits per heavy atom. The van der Waals surface area contributed by atoms with Crippen molar-refractivity contribution in [3.05, 3.63) is 70.7 Å². The molecule has 3 aromatic rings. The maximum absolute atomic E-state index is 14.1. The van der Waals surface area contributed by atoms with Gasteiger partial charge in [0, 0.05) is 22.3 Å². The fourth-order valence-electron chi connectivity index (χ4n) is 7.01. The molecule has 0 saturated carbocycles. The minimum atomic E-state index is -1.21. The second-order valence-corrected chi connectivity index (χ2v) is 10.3. The Morgan fingerprint density at radius 3 is 2.62 bits per heavy atom. The molecule has 7 rings (SSSR count). The van der Waals surface area contributed by atoms with Crippen LogP contribution in [0.4, 0.5) is 11.4 Å². The molecule has 170 valence electrons. The second kappa shape index (κ2) is 6.68. The van der Waals surface area contributed by atoms with Crippen LogP contribution in [0.1, 0.15) is 24.0 Å². The van der Waals surface area contributed by atoms with E-state index in [1.807, 2.05) is 55.5 Å². The Hall–Kier alpha value is -3.22. The molecule has 3 saturated heterocycles. The number of carbonyl (C=O) groups is 3. The van der Waals surface area contributed by atoms with E-state index in [4.69, 9.17) is 11.6 Å². The van der Waals surface area contributed by atoms with Crippen molar-refractivity contribution in [2.75, 3.05) is 16.8 Å². The monoisotopic (exact) mass is 471 g/mol. The van der Waals surface area contributed by atoms with Crippen molar-refractivity contribution in [1.82, 2.24) is 4.90 Å². The molecular formula is C27H22ClN3O3. The first-order chi connectivity index (χ1) is 16.4. The molecule has 3 aromatic carbocycles. The van der Waals surface area contributed by atoms with Gasteiger partial charge in [0.05, 0.1) is 17.5 Å². The van der Waals surface area contributed by atoms with Crippen LogP contribution in [-0.2, 0) is 19.9 Å². The smallest absolute Gasteiger partial charge is 0.250 e. The number of hydrogen-bond acceptors (Lipinski definition) is 4. The first-order valence-corrected chi connectivity index (χ1v) is 12.1. The largest absolute Gasteiger partial charge is 0.324 e. The summed E-state index contributed by atoms with van der Waals surface area (Å²) < 4.78 is 0. The van der Waals surface area contributed by atoms with E-state index in [1.54, 1.807) is 6.07 Å². The number of imide groups is 1. The van der Waals surface area contributed by atoms with Gasteiger partial charge < -0.3 is 5.32 Å². The lowest BCUT2D eigenvalue weighted by molar-refractivity contribution is -0.135. The lowest BCUT2D eigenvalue weighted by atomic mass is 9.75. The van der Waals surface area contributed by atoms with Crippen LogP contribution in [-0.4, -0.2) is 35.2 Å². The lowest BCUT2D eigenvalue weighted by Gasteiger charge is -2.36. The number of nitrogens with one attached hydrogen (secondary N) is 1. The van der Waals surface area contributed by atoms with Gasteiger partial charge in [0.2, 0.25) is 17.7 Å². The summed E-state index contributed by atoms with van der Waals surface area (Å²) in [6, 6.07) is 17.0. The highest BCUT2D eigenvalue weighted by atomic mass is 35.5. The van der Waals surface area contributed by atoms with Crippen LogP contribution in [0, 0.1) is 18.8 Å². The predicted molar refractivity (Wildman–Crippen MR) is 130 cm³/mol. The van der Waals surface area contributed by atoms with Crippen molar-refractivity contribution < 1.29 is 14.4 Å². The van der Waals surface area contributed by atoms with Gasteiger partial charge in [-0.05, 0) is 66.9 Å². The number of carbonyl (C=O) groups excluding carboxylic acids is 3. The number of rotatable bonds is 1. The van der Waals surface area contributed by atoms with E-state index in [2.05, 4.69) is 10.2 Å². The van der Waals surface area contributed by atoms with Crippen molar-refractivity contribution in [3.8, 4) is 0 Å². The number of hydrogen-bond donors (Lipinski definition) is 1. The molecule has 0 aromatic heterocycles. The Bertz CT molecular complexity index is 1450. The normalized spacial score (nSPS) is 29.8. The molecule has 0 unspecified atom stereocenters. The van der Waals surface area contributed by atoms with Crippen LogP contribution in [0.25, 0.3) is 10.8 Å². The number of amides is 3. The molecule has 0 aliphatic carbocycles. The maximum atomic E-state index is 14.1. The van der Waals surface area contributed by atoms with Gasteiger partial charge in [-0.15, -0.1) is 0 Å². The summed E-state index contributed by atoms with van der Waals surface area (Å²) in [7, 11) is 0. The molecule has 4 aliphatic rings.